The fourth-order valence-electron chi connectivity index (χ4n) is 3.37. The minimum absolute atomic E-state index is 0.0588. The molecule has 0 saturated heterocycles. The summed E-state index contributed by atoms with van der Waals surface area (Å²) in [5, 5.41) is 15.7. The van der Waals surface area contributed by atoms with E-state index in [1.54, 1.807) is 60.9 Å². The van der Waals surface area contributed by atoms with Crippen molar-refractivity contribution in [2.45, 2.75) is 0 Å². The third kappa shape index (κ3) is 4.64. The summed E-state index contributed by atoms with van der Waals surface area (Å²) >= 11 is 7.07. The van der Waals surface area contributed by atoms with E-state index in [-0.39, 0.29) is 22.9 Å². The molecule has 0 spiro atoms. The Bertz CT molecular complexity index is 1490. The van der Waals surface area contributed by atoms with Crippen molar-refractivity contribution >= 4 is 57.4 Å². The first-order valence-corrected chi connectivity index (χ1v) is 11.7. The molecule has 36 heavy (non-hydrogen) atoms. The van der Waals surface area contributed by atoms with Crippen LogP contribution in [0.15, 0.2) is 82.7 Å². The molecule has 11 heteroatoms. The summed E-state index contributed by atoms with van der Waals surface area (Å²) in [6.07, 6.45) is 4.82. The number of carbonyl (C=O) groups is 2. The van der Waals surface area contributed by atoms with Gasteiger partial charge in [-0.15, -0.1) is 0 Å². The number of hydrogen-bond donors (Lipinski definition) is 1. The van der Waals surface area contributed by atoms with Gasteiger partial charge in [-0.05, 0) is 71.9 Å². The molecule has 0 bridgehead atoms. The zero-order chi connectivity index (χ0) is 25.2. The average molecular weight is 518 g/mol. The van der Waals surface area contributed by atoms with Crippen LogP contribution in [0, 0.1) is 5.41 Å². The number of methoxy groups -OCH3 is 1. The van der Waals surface area contributed by atoms with E-state index in [1.807, 2.05) is 6.07 Å². The van der Waals surface area contributed by atoms with E-state index in [4.69, 9.17) is 26.5 Å². The zero-order valence-electron chi connectivity index (χ0n) is 18.6. The SMILES string of the molecule is COc1cc(/C=C2/C(=N)N3N=C(c4cccnc4)SC3=NC2=O)ccc1OC(=O)c1ccc(Cl)cc1. The first-order valence-electron chi connectivity index (χ1n) is 10.5. The number of hydrazone groups is 1. The Morgan fingerprint density at radius 2 is 1.94 bits per heavy atom. The van der Waals surface area contributed by atoms with Crippen LogP contribution in [0.3, 0.4) is 0 Å². The number of ether oxygens (including phenoxy) is 2. The first-order chi connectivity index (χ1) is 17.4. The van der Waals surface area contributed by atoms with Crippen molar-refractivity contribution in [1.29, 1.82) is 5.41 Å². The van der Waals surface area contributed by atoms with E-state index < -0.39 is 11.9 Å². The van der Waals surface area contributed by atoms with E-state index in [2.05, 4.69) is 15.1 Å². The summed E-state index contributed by atoms with van der Waals surface area (Å²) in [6.45, 7) is 0. The van der Waals surface area contributed by atoms with Crippen molar-refractivity contribution < 1.29 is 19.1 Å². The molecular weight excluding hydrogens is 502 g/mol. The fraction of sp³-hybridized carbons (Fsp3) is 0.0400. The van der Waals surface area contributed by atoms with Crippen LogP contribution in [0.2, 0.25) is 5.02 Å². The fourth-order valence-corrected chi connectivity index (χ4v) is 4.37. The van der Waals surface area contributed by atoms with E-state index in [0.29, 0.717) is 26.4 Å². The number of rotatable bonds is 5. The number of fused-ring (bicyclic) bond motifs is 1. The molecule has 0 fully saturated rings. The number of amidine groups is 2. The minimum atomic E-state index is -0.573. The molecule has 2 aromatic carbocycles. The lowest BCUT2D eigenvalue weighted by Gasteiger charge is -2.20. The van der Waals surface area contributed by atoms with Crippen molar-refractivity contribution in [3.8, 4) is 11.5 Å². The average Bonchev–Trinajstić information content (AvgIpc) is 3.32. The van der Waals surface area contributed by atoms with Crippen LogP contribution in [0.25, 0.3) is 6.08 Å². The molecule has 0 aliphatic carbocycles. The lowest BCUT2D eigenvalue weighted by Crippen LogP contribution is -2.35. The number of amides is 1. The van der Waals surface area contributed by atoms with E-state index in [0.717, 1.165) is 5.56 Å². The van der Waals surface area contributed by atoms with Crippen LogP contribution >= 0.6 is 23.4 Å². The highest BCUT2D eigenvalue weighted by Gasteiger charge is 2.36. The van der Waals surface area contributed by atoms with Gasteiger partial charge in [-0.3, -0.25) is 15.2 Å². The van der Waals surface area contributed by atoms with Gasteiger partial charge in [0.25, 0.3) is 5.91 Å². The summed E-state index contributed by atoms with van der Waals surface area (Å²) in [7, 11) is 1.44. The molecule has 2 aliphatic rings. The number of halogens is 1. The third-order valence-corrected chi connectivity index (χ3v) is 6.35. The van der Waals surface area contributed by atoms with Gasteiger partial charge in [-0.25, -0.2) is 4.79 Å². The summed E-state index contributed by atoms with van der Waals surface area (Å²) in [5.41, 5.74) is 1.70. The number of pyridine rings is 1. The quantitative estimate of drug-likeness (QED) is 0.298. The molecule has 1 aromatic heterocycles. The molecule has 3 heterocycles. The van der Waals surface area contributed by atoms with Crippen LogP contribution in [0.1, 0.15) is 21.5 Å². The number of nitrogens with one attached hydrogen (secondary N) is 1. The van der Waals surface area contributed by atoms with Gasteiger partial charge in [0, 0.05) is 23.0 Å². The van der Waals surface area contributed by atoms with Gasteiger partial charge in [-0.1, -0.05) is 17.7 Å². The normalized spacial score (nSPS) is 15.9. The van der Waals surface area contributed by atoms with E-state index in [9.17, 15) is 9.59 Å². The second-order valence-electron chi connectivity index (χ2n) is 7.47. The molecular formula is C25H16ClN5O4S. The largest absolute Gasteiger partial charge is 0.493 e. The maximum atomic E-state index is 12.7. The molecule has 1 amide bonds. The maximum Gasteiger partial charge on any atom is 0.343 e. The number of aliphatic imine (C=N–C) groups is 1. The van der Waals surface area contributed by atoms with Crippen molar-refractivity contribution in [2.75, 3.05) is 7.11 Å². The summed E-state index contributed by atoms with van der Waals surface area (Å²) in [5.74, 6) is -0.756. The lowest BCUT2D eigenvalue weighted by molar-refractivity contribution is -0.114. The Morgan fingerprint density at radius 3 is 2.67 bits per heavy atom. The number of nitrogens with zero attached hydrogens (tertiary/aromatic N) is 4. The lowest BCUT2D eigenvalue weighted by atomic mass is 10.1. The molecule has 1 N–H and O–H groups in total. The standard InChI is InChI=1S/C25H16ClN5O4S/c1-34-20-12-14(4-9-19(20)35-24(33)15-5-7-17(26)8-6-15)11-18-21(27)31-25(29-22(18)32)36-23(30-31)16-3-2-10-28-13-16/h2-13,27H,1H3/b18-11-,27-21?. The topological polar surface area (TPSA) is 117 Å². The number of esters is 1. The Balaban J connectivity index is 1.39. The van der Waals surface area contributed by atoms with Crippen molar-refractivity contribution in [3.63, 3.8) is 0 Å². The van der Waals surface area contributed by atoms with Crippen molar-refractivity contribution in [3.05, 3.63) is 94.3 Å². The highest BCUT2D eigenvalue weighted by atomic mass is 35.5. The molecule has 3 aromatic rings. The van der Waals surface area contributed by atoms with E-state index >= 15 is 0 Å². The summed E-state index contributed by atoms with van der Waals surface area (Å²) in [4.78, 5) is 33.4. The van der Waals surface area contributed by atoms with Gasteiger partial charge in [-0.2, -0.15) is 15.1 Å². The van der Waals surface area contributed by atoms with Gasteiger partial charge in [0.1, 0.15) is 5.04 Å². The Morgan fingerprint density at radius 1 is 1.14 bits per heavy atom. The van der Waals surface area contributed by atoms with Gasteiger partial charge >= 0.3 is 5.97 Å². The van der Waals surface area contributed by atoms with Crippen LogP contribution < -0.4 is 9.47 Å². The second-order valence-corrected chi connectivity index (χ2v) is 8.87. The highest BCUT2D eigenvalue weighted by molar-refractivity contribution is 8.27. The van der Waals surface area contributed by atoms with Crippen molar-refractivity contribution in [2.24, 2.45) is 10.1 Å². The van der Waals surface area contributed by atoms with Gasteiger partial charge in [0.05, 0.1) is 18.2 Å². The molecule has 0 atom stereocenters. The predicted molar refractivity (Wildman–Crippen MR) is 138 cm³/mol. The molecule has 0 radical (unpaired) electrons. The number of hydrogen-bond acceptors (Lipinski definition) is 8. The molecule has 0 unspecified atom stereocenters. The predicted octanol–water partition coefficient (Wildman–Crippen LogP) is 4.63. The van der Waals surface area contributed by atoms with Crippen LogP contribution in [-0.4, -0.2) is 45.0 Å². The Kier molecular flexibility index (Phi) is 6.36. The number of aromatic nitrogens is 1. The van der Waals surface area contributed by atoms with Crippen LogP contribution in [0.5, 0.6) is 11.5 Å². The van der Waals surface area contributed by atoms with Crippen molar-refractivity contribution in [1.82, 2.24) is 9.99 Å². The van der Waals surface area contributed by atoms with Gasteiger partial charge in [0.15, 0.2) is 17.3 Å². The number of carbonyl (C=O) groups excluding carboxylic acids is 2. The minimum Gasteiger partial charge on any atom is -0.493 e. The molecule has 5 rings (SSSR count). The highest BCUT2D eigenvalue weighted by Crippen LogP contribution is 2.33. The second kappa shape index (κ2) is 9.76. The number of benzene rings is 2. The first kappa shape index (κ1) is 23.5. The zero-order valence-corrected chi connectivity index (χ0v) is 20.2. The molecule has 9 nitrogen and oxygen atoms in total. The molecule has 178 valence electrons. The summed E-state index contributed by atoms with van der Waals surface area (Å²) in [6, 6.07) is 14.7. The Labute approximate surface area is 214 Å². The Hall–Kier alpha value is -4.28. The smallest absolute Gasteiger partial charge is 0.343 e. The van der Waals surface area contributed by atoms with E-state index in [1.165, 1.54) is 30.0 Å². The maximum absolute atomic E-state index is 12.7. The van der Waals surface area contributed by atoms with Crippen LogP contribution in [-0.2, 0) is 4.79 Å². The van der Waals surface area contributed by atoms with Gasteiger partial charge in [0.2, 0.25) is 5.17 Å². The third-order valence-electron chi connectivity index (χ3n) is 5.14. The molecule has 0 saturated carbocycles. The molecule has 2 aliphatic heterocycles. The van der Waals surface area contributed by atoms with Gasteiger partial charge < -0.3 is 9.47 Å². The summed E-state index contributed by atoms with van der Waals surface area (Å²) < 4.78 is 10.8. The van der Waals surface area contributed by atoms with Crippen LogP contribution in [0.4, 0.5) is 0 Å². The number of thioether (sulfide) groups is 1. The monoisotopic (exact) mass is 517 g/mol.